The Morgan fingerprint density at radius 3 is 2.79 bits per heavy atom. The van der Waals surface area contributed by atoms with E-state index in [2.05, 4.69) is 4.99 Å². The molecule has 3 unspecified atom stereocenters. The van der Waals surface area contributed by atoms with Crippen molar-refractivity contribution in [3.05, 3.63) is 0 Å². The van der Waals surface area contributed by atoms with Gasteiger partial charge in [0.15, 0.2) is 5.79 Å². The van der Waals surface area contributed by atoms with E-state index in [0.717, 1.165) is 12.1 Å². The second-order valence-electron chi connectivity index (χ2n) is 4.38. The molecule has 2 aliphatic rings. The van der Waals surface area contributed by atoms with E-state index in [0.29, 0.717) is 0 Å². The number of fused-ring (bicyclic) bond motifs is 1. The van der Waals surface area contributed by atoms with Crippen molar-refractivity contribution in [3.63, 3.8) is 0 Å². The van der Waals surface area contributed by atoms with Gasteiger partial charge in [0.25, 0.3) is 0 Å². The van der Waals surface area contributed by atoms with Gasteiger partial charge in [-0.2, -0.15) is 0 Å². The number of ether oxygens (including phenoxy) is 2. The molecule has 1 saturated carbocycles. The third-order valence-corrected chi connectivity index (χ3v) is 2.92. The lowest BCUT2D eigenvalue weighted by molar-refractivity contribution is -0.150. The number of aliphatic hydroxyl groups excluding tert-OH is 1. The van der Waals surface area contributed by atoms with Crippen molar-refractivity contribution in [1.29, 1.82) is 0 Å². The molecule has 4 nitrogen and oxygen atoms in total. The van der Waals surface area contributed by atoms with Gasteiger partial charge in [0, 0.05) is 25.3 Å². The second-order valence-corrected chi connectivity index (χ2v) is 4.38. The predicted octanol–water partition coefficient (Wildman–Crippen LogP) is 0.589. The average molecular weight is 199 g/mol. The SMILES string of the molecule is CN=C1CC(CO)C2OC(C)(C)OC12. The van der Waals surface area contributed by atoms with Gasteiger partial charge in [-0.1, -0.05) is 0 Å². The molecular weight excluding hydrogens is 182 g/mol. The van der Waals surface area contributed by atoms with E-state index in [9.17, 15) is 5.11 Å². The Bertz CT molecular complexity index is 262. The largest absolute Gasteiger partial charge is 0.396 e. The first-order chi connectivity index (χ1) is 6.57. The van der Waals surface area contributed by atoms with E-state index in [-0.39, 0.29) is 24.7 Å². The number of aliphatic hydroxyl groups is 1. The molecule has 0 aromatic carbocycles. The molecule has 1 aliphatic heterocycles. The quantitative estimate of drug-likeness (QED) is 0.672. The number of hydrogen-bond acceptors (Lipinski definition) is 4. The standard InChI is InChI=1S/C10H17NO3/c1-10(2)13-8-6(5-12)4-7(11-3)9(8)14-10/h6,8-9,12H,4-5H2,1-3H3. The van der Waals surface area contributed by atoms with E-state index in [1.165, 1.54) is 0 Å². The highest BCUT2D eigenvalue weighted by molar-refractivity contribution is 5.92. The molecule has 0 aromatic heterocycles. The Balaban J connectivity index is 2.21. The normalized spacial score (nSPS) is 43.1. The van der Waals surface area contributed by atoms with Crippen LogP contribution < -0.4 is 0 Å². The summed E-state index contributed by atoms with van der Waals surface area (Å²) in [7, 11) is 1.76. The highest BCUT2D eigenvalue weighted by Crippen LogP contribution is 2.39. The number of aliphatic imine (C=N–C) groups is 1. The lowest BCUT2D eigenvalue weighted by Crippen LogP contribution is -2.27. The fourth-order valence-corrected chi connectivity index (χ4v) is 2.28. The minimum absolute atomic E-state index is 0.0197. The Labute approximate surface area is 83.9 Å². The summed E-state index contributed by atoms with van der Waals surface area (Å²) in [4.78, 5) is 4.19. The molecule has 3 atom stereocenters. The molecule has 0 radical (unpaired) electrons. The summed E-state index contributed by atoms with van der Waals surface area (Å²) in [6, 6.07) is 0. The number of hydrogen-bond donors (Lipinski definition) is 1. The van der Waals surface area contributed by atoms with Gasteiger partial charge in [-0.15, -0.1) is 0 Å². The van der Waals surface area contributed by atoms with Crippen LogP contribution in [0.2, 0.25) is 0 Å². The highest BCUT2D eigenvalue weighted by Gasteiger charge is 2.51. The van der Waals surface area contributed by atoms with Gasteiger partial charge in [0.05, 0.1) is 6.10 Å². The van der Waals surface area contributed by atoms with E-state index in [1.807, 2.05) is 13.8 Å². The molecule has 0 bridgehead atoms. The van der Waals surface area contributed by atoms with Crippen molar-refractivity contribution in [2.75, 3.05) is 13.7 Å². The van der Waals surface area contributed by atoms with Crippen molar-refractivity contribution >= 4 is 5.71 Å². The molecule has 1 saturated heterocycles. The summed E-state index contributed by atoms with van der Waals surface area (Å²) in [5, 5.41) is 9.21. The molecule has 0 spiro atoms. The van der Waals surface area contributed by atoms with Crippen LogP contribution in [-0.2, 0) is 9.47 Å². The van der Waals surface area contributed by atoms with Crippen molar-refractivity contribution in [2.24, 2.45) is 10.9 Å². The van der Waals surface area contributed by atoms with E-state index in [4.69, 9.17) is 9.47 Å². The summed E-state index contributed by atoms with van der Waals surface area (Å²) in [5.41, 5.74) is 1.01. The molecule has 1 aliphatic carbocycles. The van der Waals surface area contributed by atoms with Crippen molar-refractivity contribution in [2.45, 2.75) is 38.3 Å². The smallest absolute Gasteiger partial charge is 0.164 e. The van der Waals surface area contributed by atoms with E-state index < -0.39 is 5.79 Å². The summed E-state index contributed by atoms with van der Waals surface area (Å²) in [6.07, 6.45) is 0.721. The Hall–Kier alpha value is -0.450. The monoisotopic (exact) mass is 199 g/mol. The maximum absolute atomic E-state index is 9.21. The summed E-state index contributed by atoms with van der Waals surface area (Å²) >= 11 is 0. The molecule has 2 rings (SSSR count). The third kappa shape index (κ3) is 1.47. The van der Waals surface area contributed by atoms with Crippen LogP contribution in [0, 0.1) is 5.92 Å². The molecule has 14 heavy (non-hydrogen) atoms. The minimum atomic E-state index is -0.543. The van der Waals surface area contributed by atoms with Crippen LogP contribution >= 0.6 is 0 Å². The van der Waals surface area contributed by atoms with E-state index in [1.54, 1.807) is 7.05 Å². The molecule has 2 fully saturated rings. The van der Waals surface area contributed by atoms with Crippen LogP contribution in [0.3, 0.4) is 0 Å². The summed E-state index contributed by atoms with van der Waals surface area (Å²) < 4.78 is 11.5. The van der Waals surface area contributed by atoms with Gasteiger partial charge in [-0.25, -0.2) is 0 Å². The number of nitrogens with zero attached hydrogens (tertiary/aromatic N) is 1. The van der Waals surface area contributed by atoms with Crippen molar-refractivity contribution in [3.8, 4) is 0 Å². The van der Waals surface area contributed by atoms with Gasteiger partial charge in [0.1, 0.15) is 6.10 Å². The zero-order chi connectivity index (χ0) is 10.3. The molecule has 80 valence electrons. The molecule has 1 heterocycles. The highest BCUT2D eigenvalue weighted by atomic mass is 16.8. The summed E-state index contributed by atoms with van der Waals surface area (Å²) in [6.45, 7) is 3.93. The van der Waals surface area contributed by atoms with Gasteiger partial charge in [-0.05, 0) is 20.3 Å². The average Bonchev–Trinajstić information content (AvgIpc) is 2.57. The Morgan fingerprint density at radius 2 is 2.21 bits per heavy atom. The maximum Gasteiger partial charge on any atom is 0.164 e. The molecule has 0 amide bonds. The zero-order valence-electron chi connectivity index (χ0n) is 8.86. The van der Waals surface area contributed by atoms with Crippen LogP contribution in [0.15, 0.2) is 4.99 Å². The van der Waals surface area contributed by atoms with Crippen LogP contribution in [0.25, 0.3) is 0 Å². The van der Waals surface area contributed by atoms with Crippen molar-refractivity contribution in [1.82, 2.24) is 0 Å². The van der Waals surface area contributed by atoms with Gasteiger partial charge >= 0.3 is 0 Å². The first-order valence-electron chi connectivity index (χ1n) is 4.99. The third-order valence-electron chi connectivity index (χ3n) is 2.92. The Kier molecular flexibility index (Phi) is 2.37. The van der Waals surface area contributed by atoms with Crippen LogP contribution in [0.5, 0.6) is 0 Å². The van der Waals surface area contributed by atoms with Crippen molar-refractivity contribution < 1.29 is 14.6 Å². The first kappa shape index (κ1) is 10.1. The zero-order valence-corrected chi connectivity index (χ0v) is 8.86. The lowest BCUT2D eigenvalue weighted by atomic mass is 10.1. The Morgan fingerprint density at radius 1 is 1.50 bits per heavy atom. The van der Waals surface area contributed by atoms with Crippen LogP contribution in [-0.4, -0.2) is 42.5 Å². The summed E-state index contributed by atoms with van der Waals surface area (Å²) in [5.74, 6) is -0.403. The van der Waals surface area contributed by atoms with Crippen LogP contribution in [0.1, 0.15) is 20.3 Å². The topological polar surface area (TPSA) is 51.1 Å². The molecule has 0 aromatic rings. The lowest BCUT2D eigenvalue weighted by Gasteiger charge is -2.20. The molecule has 4 heteroatoms. The molecule has 1 N–H and O–H groups in total. The van der Waals surface area contributed by atoms with Gasteiger partial charge < -0.3 is 14.6 Å². The minimum Gasteiger partial charge on any atom is -0.396 e. The molecular formula is C10H17NO3. The van der Waals surface area contributed by atoms with Gasteiger partial charge in [0.2, 0.25) is 0 Å². The number of rotatable bonds is 1. The van der Waals surface area contributed by atoms with E-state index >= 15 is 0 Å². The second kappa shape index (κ2) is 3.29. The first-order valence-corrected chi connectivity index (χ1v) is 4.99. The predicted molar refractivity (Wildman–Crippen MR) is 52.4 cm³/mol. The van der Waals surface area contributed by atoms with Crippen LogP contribution in [0.4, 0.5) is 0 Å². The van der Waals surface area contributed by atoms with Gasteiger partial charge in [-0.3, -0.25) is 4.99 Å². The fraction of sp³-hybridized carbons (Fsp3) is 0.900. The fourth-order valence-electron chi connectivity index (χ4n) is 2.28. The maximum atomic E-state index is 9.21.